The van der Waals surface area contributed by atoms with Crippen molar-refractivity contribution >= 4 is 88.0 Å². The average molecular weight is 2020 g/mol. The van der Waals surface area contributed by atoms with Crippen LogP contribution in [-0.2, 0) is 126 Å². The van der Waals surface area contributed by atoms with E-state index in [9.17, 15) is 77.6 Å². The number of aliphatic hydroxyl groups is 3. The molecule has 4 aromatic rings. The van der Waals surface area contributed by atoms with Gasteiger partial charge >= 0.3 is 12.2 Å². The molecule has 1 unspecified atom stereocenters. The third kappa shape index (κ3) is 34.7. The van der Waals surface area contributed by atoms with E-state index >= 15 is 0 Å². The summed E-state index contributed by atoms with van der Waals surface area (Å²) in [5.41, 5.74) is 0.922. The van der Waals surface area contributed by atoms with Crippen molar-refractivity contribution in [3.05, 3.63) is 130 Å². The molecule has 9 amide bonds. The Balaban J connectivity index is 0.653. The number of ether oxygens (including phenoxy) is 16. The average Bonchev–Trinajstić information content (AvgIpc) is 1.57. The van der Waals surface area contributed by atoms with Gasteiger partial charge in [-0.1, -0.05) is 101 Å². The van der Waals surface area contributed by atoms with Crippen molar-refractivity contribution in [2.45, 2.75) is 202 Å². The number of benzene rings is 4. The summed E-state index contributed by atoms with van der Waals surface area (Å²) in [6.07, 6.45) is -1.09. The van der Waals surface area contributed by atoms with E-state index in [4.69, 9.17) is 75.8 Å². The van der Waals surface area contributed by atoms with E-state index in [0.717, 1.165) is 20.3 Å². The molecule has 5 aliphatic heterocycles. The highest BCUT2D eigenvalue weighted by Gasteiger charge is 2.56. The number of hydrogen-bond donors (Lipinski definition) is 6. The van der Waals surface area contributed by atoms with Crippen LogP contribution >= 0.6 is 0 Å². The van der Waals surface area contributed by atoms with E-state index < -0.39 is 84.0 Å². The van der Waals surface area contributed by atoms with Crippen LogP contribution in [0.2, 0.25) is 0 Å². The first-order valence-electron chi connectivity index (χ1n) is 49.4. The van der Waals surface area contributed by atoms with Crippen LogP contribution in [0.3, 0.4) is 0 Å². The lowest BCUT2D eigenvalue weighted by Crippen LogP contribution is -2.60. The third-order valence-corrected chi connectivity index (χ3v) is 25.2. The maximum Gasteiger partial charge on any atom is 0.416 e. The zero-order valence-electron chi connectivity index (χ0n) is 85.2. The molecular weight excluding hydrogens is 1870 g/mol. The maximum atomic E-state index is 14.5. The van der Waals surface area contributed by atoms with Gasteiger partial charge in [0.2, 0.25) is 29.5 Å². The van der Waals surface area contributed by atoms with Crippen molar-refractivity contribution in [2.75, 3.05) is 183 Å². The van der Waals surface area contributed by atoms with Gasteiger partial charge in [0, 0.05) is 120 Å². The number of amides is 9. The van der Waals surface area contributed by atoms with Gasteiger partial charge in [0.25, 0.3) is 11.8 Å². The minimum atomic E-state index is -2.34. The van der Waals surface area contributed by atoms with Gasteiger partial charge in [-0.15, -0.1) is 0 Å². The van der Waals surface area contributed by atoms with Crippen LogP contribution in [0.5, 0.6) is 23.0 Å². The number of nitrogens with one attached hydrogen (secondary N) is 3. The Morgan fingerprint density at radius 1 is 0.465 bits per heavy atom. The van der Waals surface area contributed by atoms with Crippen molar-refractivity contribution in [3.63, 3.8) is 0 Å². The minimum Gasteiger partial charge on any atom is -0.493 e. The molecule has 9 rings (SSSR count). The second-order valence-electron chi connectivity index (χ2n) is 37.2. The molecule has 0 radical (unpaired) electrons. The summed E-state index contributed by atoms with van der Waals surface area (Å²) in [6, 6.07) is 16.3. The fourth-order valence-electron chi connectivity index (χ4n) is 16.7. The lowest BCUT2D eigenvalue weighted by molar-refractivity contribution is -0.140. The number of nitrogens with zero attached hydrogens (tertiary/aromatic N) is 5. The van der Waals surface area contributed by atoms with Gasteiger partial charge in [-0.25, -0.2) is 19.4 Å². The van der Waals surface area contributed by atoms with Gasteiger partial charge in [0.05, 0.1) is 194 Å². The summed E-state index contributed by atoms with van der Waals surface area (Å²) in [5.74, 6) is -5.22. The molecule has 0 spiro atoms. The van der Waals surface area contributed by atoms with Crippen LogP contribution < -0.4 is 44.7 Å². The number of rotatable bonds is 67. The zero-order chi connectivity index (χ0) is 105. The number of methoxy groups -OCH3 is 3. The van der Waals surface area contributed by atoms with Gasteiger partial charge in [-0.3, -0.25) is 62.5 Å². The highest BCUT2D eigenvalue weighted by Crippen LogP contribution is 2.47. The molecule has 0 saturated carbocycles. The molecular formula is C104H146N8O32. The maximum absolute atomic E-state index is 14.5. The molecule has 0 bridgehead atoms. The summed E-state index contributed by atoms with van der Waals surface area (Å²) >= 11 is 0. The van der Waals surface area contributed by atoms with Gasteiger partial charge in [-0.05, 0) is 106 Å². The fourth-order valence-corrected chi connectivity index (χ4v) is 16.7. The van der Waals surface area contributed by atoms with E-state index in [1.807, 2.05) is 48.5 Å². The molecule has 0 aromatic heterocycles. The highest BCUT2D eigenvalue weighted by molar-refractivity contribution is 6.08. The summed E-state index contributed by atoms with van der Waals surface area (Å²) in [6.45, 7) is 24.0. The van der Waals surface area contributed by atoms with E-state index in [1.165, 1.54) is 54.5 Å². The van der Waals surface area contributed by atoms with Gasteiger partial charge in [0.15, 0.2) is 52.7 Å². The number of carbonyl (C=O) groups excluding carboxylic acids is 13. The van der Waals surface area contributed by atoms with Crippen LogP contribution in [0.15, 0.2) is 96.3 Å². The largest absolute Gasteiger partial charge is 0.493 e. The van der Waals surface area contributed by atoms with E-state index in [-0.39, 0.29) is 234 Å². The quantitative estimate of drug-likeness (QED) is 0.0178. The number of ketones is 4. The predicted octanol–water partition coefficient (Wildman–Crippen LogP) is 8.65. The van der Waals surface area contributed by atoms with Crippen LogP contribution in [0.25, 0.3) is 0 Å². The van der Waals surface area contributed by atoms with Crippen molar-refractivity contribution in [2.24, 2.45) is 35.5 Å². The number of fused-ring (bicyclic) bond motifs is 4. The Hall–Kier alpha value is -11.3. The van der Waals surface area contributed by atoms with Crippen LogP contribution in [0, 0.1) is 35.5 Å². The lowest BCUT2D eigenvalue weighted by atomic mass is 9.88. The molecule has 40 heteroatoms. The number of Topliss-reactive ketones (excluding diaryl/α,β-unsaturated/α-hetero) is 4. The molecule has 6 N–H and O–H groups in total. The molecule has 0 aliphatic carbocycles. The van der Waals surface area contributed by atoms with E-state index in [2.05, 4.69) is 16.0 Å². The Bertz CT molecular complexity index is 4990. The first-order valence-corrected chi connectivity index (χ1v) is 49.4. The van der Waals surface area contributed by atoms with E-state index in [0.29, 0.717) is 153 Å². The summed E-state index contributed by atoms with van der Waals surface area (Å²) in [5, 5.41) is 44.7. The minimum absolute atomic E-state index is 0.00158. The standard InChI is InChI=1S/C104H146N8O32/c1-66(2)79(54-77(113)26-32-132-36-35-129-11)95(119)106-71(9)87(115)52-73-17-21-75(22-18-73)64-143-102(126)111-84-59-91(89(130-12)56-82(84)98(122)109-62-69(7)51-86(109)100(111)124)141-30-15-14-16-31-142-92-60-85-83(57-90(92)131-13)99(123)110-63-70(8)61-104(110,128)101(125)112(85)103(127)144-65-76-23-19-74(20-24-76)53-88(116)72(10)107-96(120)80(67(3)4)55-78(114)27-33-133-37-39-135-41-43-137-45-47-139-49-50-140-48-46-138-44-42-136-40-38-134-34-28-105-93(117)25-29-108-94(118)58-81(68(5)6)97(108)121/h17-24,56-57,59-60,62-63,66-68,71-72,79-81,86,100-101,124-125,128H,14-16,25-55,58,61,64-65H2,1-13H3,(H,105,117)(H,106,119)(H,107,120)/t71-,72-,79-,80-,81?,86-,100-,101-,104+/m0/s1. The first kappa shape index (κ1) is 116. The van der Waals surface area contributed by atoms with Crippen molar-refractivity contribution in [1.82, 2.24) is 30.7 Å². The summed E-state index contributed by atoms with van der Waals surface area (Å²) in [7, 11) is 4.31. The number of likely N-dealkylation sites (tertiary alicyclic amines) is 1. The topological polar surface area (TPSA) is 483 Å². The first-order chi connectivity index (χ1) is 69.1. The Morgan fingerprint density at radius 3 is 1.31 bits per heavy atom. The monoisotopic (exact) mass is 2020 g/mol. The molecule has 1 fully saturated rings. The number of aliphatic hydroxyl groups excluding tert-OH is 2. The van der Waals surface area contributed by atoms with E-state index in [1.54, 1.807) is 82.6 Å². The lowest BCUT2D eigenvalue weighted by Gasteiger charge is -2.38. The highest BCUT2D eigenvalue weighted by atomic mass is 16.6. The van der Waals surface area contributed by atoms with Crippen molar-refractivity contribution < 1.29 is 153 Å². The second-order valence-corrected chi connectivity index (χ2v) is 37.2. The fraction of sp³-hybridized carbons (Fsp3) is 0.606. The summed E-state index contributed by atoms with van der Waals surface area (Å²) in [4.78, 5) is 180. The Morgan fingerprint density at radius 2 is 0.882 bits per heavy atom. The number of hydrogen-bond acceptors (Lipinski definition) is 32. The third-order valence-electron chi connectivity index (χ3n) is 25.2. The smallest absolute Gasteiger partial charge is 0.416 e. The number of unbranched alkanes of at least 4 members (excludes halogenated alkanes) is 2. The predicted molar refractivity (Wildman–Crippen MR) is 523 cm³/mol. The molecule has 1 saturated heterocycles. The van der Waals surface area contributed by atoms with Crippen LogP contribution in [-0.4, -0.2) is 316 Å². The Kier molecular flexibility index (Phi) is 48.0. The number of carbonyl (C=O) groups is 13. The Labute approximate surface area is 841 Å². The molecule has 794 valence electrons. The molecule has 5 heterocycles. The van der Waals surface area contributed by atoms with Crippen molar-refractivity contribution in [1.29, 1.82) is 0 Å². The van der Waals surface area contributed by atoms with Crippen molar-refractivity contribution in [3.8, 4) is 23.0 Å². The molecule has 9 atom stereocenters. The van der Waals surface area contributed by atoms with Crippen LogP contribution in [0.1, 0.15) is 183 Å². The SMILES string of the molecule is COCCOCCC(=O)C[C@H](C(=O)N[C@@H](C)C(=O)Cc1ccc(COC(=O)N2c3cc(OCCCCCOc4cc5c(cc4OC)C(=O)N4C=C(C)C[C@@]4(O)[C@H](O)N5C(=O)OCc4ccc(CC(=O)[C@H](C)NC(=O)[C@@H](CC(=O)CCOCCOCCOCCOCCOCCOCCOCCOCCNC(=O)CCN5C(=O)CC(C(C)C)C5=O)C(C)C)cc4)c(OC)cc3C(=O)N3C=C(C)C[C@H]3[C@@H]2O)cc1)C(C)C. The molecule has 5 aliphatic rings. The second kappa shape index (κ2) is 59.4. The molecule has 144 heavy (non-hydrogen) atoms. The normalized spacial score (nSPS) is 17.9. The number of imide groups is 1. The number of anilines is 2. The zero-order valence-corrected chi connectivity index (χ0v) is 85.2. The molecule has 40 nitrogen and oxygen atoms in total. The van der Waals surface area contributed by atoms with Crippen LogP contribution in [0.4, 0.5) is 21.0 Å². The molecule has 4 aromatic carbocycles. The van der Waals surface area contributed by atoms with Gasteiger partial charge in [-0.2, -0.15) is 0 Å². The van der Waals surface area contributed by atoms with Gasteiger partial charge < -0.3 is 112 Å². The summed E-state index contributed by atoms with van der Waals surface area (Å²) < 4.78 is 90.5. The van der Waals surface area contributed by atoms with Gasteiger partial charge in [0.1, 0.15) is 24.8 Å².